The lowest BCUT2D eigenvalue weighted by Gasteiger charge is -2.15. The van der Waals surface area contributed by atoms with E-state index in [9.17, 15) is 0 Å². The molecule has 0 saturated carbocycles. The molecule has 0 aliphatic heterocycles. The zero-order valence-corrected chi connectivity index (χ0v) is 10.3. The van der Waals surface area contributed by atoms with Crippen LogP contribution in [-0.2, 0) is 0 Å². The molecule has 0 aliphatic carbocycles. The van der Waals surface area contributed by atoms with E-state index in [4.69, 9.17) is 0 Å². The van der Waals surface area contributed by atoms with E-state index in [-0.39, 0.29) is 0 Å². The van der Waals surface area contributed by atoms with Crippen LogP contribution in [0.1, 0.15) is 30.4 Å². The van der Waals surface area contributed by atoms with Crippen LogP contribution in [0.3, 0.4) is 0 Å². The fourth-order valence-electron chi connectivity index (χ4n) is 2.42. The summed E-state index contributed by atoms with van der Waals surface area (Å²) in [5.41, 5.74) is 3.66. The first kappa shape index (κ1) is 11.0. The highest BCUT2D eigenvalue weighted by molar-refractivity contribution is 5.78. The van der Waals surface area contributed by atoms with E-state index >= 15 is 0 Å². The first-order chi connectivity index (χ1) is 8.88. The van der Waals surface area contributed by atoms with Crippen LogP contribution in [0.15, 0.2) is 48.9 Å². The highest BCUT2D eigenvalue weighted by Crippen LogP contribution is 2.28. The molecule has 18 heavy (non-hydrogen) atoms. The van der Waals surface area contributed by atoms with E-state index < -0.39 is 0 Å². The van der Waals surface area contributed by atoms with Crippen LogP contribution in [0, 0.1) is 0 Å². The molecule has 3 nitrogen and oxygen atoms in total. The molecule has 0 saturated heterocycles. The van der Waals surface area contributed by atoms with E-state index in [0.29, 0.717) is 5.92 Å². The Morgan fingerprint density at radius 2 is 2.11 bits per heavy atom. The molecule has 0 aliphatic rings. The smallest absolute Gasteiger partial charge is 0.0653 e. The maximum absolute atomic E-state index is 4.21. The maximum atomic E-state index is 4.21. The van der Waals surface area contributed by atoms with Crippen molar-refractivity contribution in [1.82, 2.24) is 15.2 Å². The van der Waals surface area contributed by atoms with Crippen molar-refractivity contribution < 1.29 is 0 Å². The minimum absolute atomic E-state index is 0.395. The van der Waals surface area contributed by atoms with E-state index in [0.717, 1.165) is 17.3 Å². The van der Waals surface area contributed by atoms with Gasteiger partial charge in [0.2, 0.25) is 0 Å². The average molecular weight is 237 g/mol. The molecular weight excluding hydrogens is 222 g/mol. The fraction of sp³-hybridized carbons (Fsp3) is 0.200. The van der Waals surface area contributed by atoms with Gasteiger partial charge in [-0.15, -0.1) is 0 Å². The van der Waals surface area contributed by atoms with Gasteiger partial charge in [0.25, 0.3) is 0 Å². The number of aromatic nitrogens is 3. The Balaban J connectivity index is 2.05. The Hall–Kier alpha value is -2.16. The van der Waals surface area contributed by atoms with Crippen LogP contribution >= 0.6 is 0 Å². The zero-order valence-electron chi connectivity index (χ0n) is 10.3. The molecule has 0 bridgehead atoms. The van der Waals surface area contributed by atoms with Crippen LogP contribution in [-0.4, -0.2) is 15.2 Å². The minimum Gasteiger partial charge on any atom is -0.278 e. The number of hydrogen-bond acceptors (Lipinski definition) is 2. The summed E-state index contributed by atoms with van der Waals surface area (Å²) < 4.78 is 0. The molecule has 1 atom stereocenters. The quantitative estimate of drug-likeness (QED) is 0.757. The van der Waals surface area contributed by atoms with Crippen molar-refractivity contribution in [1.29, 1.82) is 0 Å². The Labute approximate surface area is 106 Å². The topological polar surface area (TPSA) is 41.6 Å². The van der Waals surface area contributed by atoms with Crippen molar-refractivity contribution in [3.63, 3.8) is 0 Å². The van der Waals surface area contributed by atoms with Crippen molar-refractivity contribution in [2.24, 2.45) is 0 Å². The molecule has 1 aromatic carbocycles. The number of H-pyrrole nitrogens is 1. The zero-order chi connectivity index (χ0) is 12.4. The summed E-state index contributed by atoms with van der Waals surface area (Å²) in [5, 5.41) is 8.24. The third kappa shape index (κ3) is 1.88. The summed E-state index contributed by atoms with van der Waals surface area (Å²) in [6.45, 7) is 2.20. The number of fused-ring (bicyclic) bond motifs is 1. The first-order valence-electron chi connectivity index (χ1n) is 6.21. The second-order valence-corrected chi connectivity index (χ2v) is 4.46. The van der Waals surface area contributed by atoms with Crippen LogP contribution in [0.2, 0.25) is 0 Å². The van der Waals surface area contributed by atoms with Crippen molar-refractivity contribution in [3.05, 3.63) is 60.0 Å². The summed E-state index contributed by atoms with van der Waals surface area (Å²) in [7, 11) is 0. The SMILES string of the molecule is CCC(c1cccnc1)c1ccc2cn[nH]c2c1. The lowest BCUT2D eigenvalue weighted by atomic mass is 9.90. The first-order valence-corrected chi connectivity index (χ1v) is 6.21. The van der Waals surface area contributed by atoms with Gasteiger partial charge in [0.05, 0.1) is 11.7 Å². The van der Waals surface area contributed by atoms with Crippen LogP contribution in [0.5, 0.6) is 0 Å². The van der Waals surface area contributed by atoms with E-state index in [1.165, 1.54) is 11.1 Å². The molecule has 3 aromatic rings. The summed E-state index contributed by atoms with van der Waals surface area (Å²) in [4.78, 5) is 4.21. The van der Waals surface area contributed by atoms with Gasteiger partial charge in [-0.1, -0.05) is 25.1 Å². The summed E-state index contributed by atoms with van der Waals surface area (Å²) in [6.07, 6.45) is 6.68. The third-order valence-corrected chi connectivity index (χ3v) is 3.36. The van der Waals surface area contributed by atoms with Crippen molar-refractivity contribution >= 4 is 10.9 Å². The van der Waals surface area contributed by atoms with Crippen molar-refractivity contribution in [2.45, 2.75) is 19.3 Å². The molecule has 1 N–H and O–H groups in total. The Morgan fingerprint density at radius 1 is 1.17 bits per heavy atom. The number of nitrogens with one attached hydrogen (secondary N) is 1. The standard InChI is InChI=1S/C15H15N3/c1-2-14(12-4-3-7-16-9-12)11-5-6-13-10-17-18-15(13)8-11/h3-10,14H,2H2,1H3,(H,17,18). The molecule has 2 heterocycles. The lowest BCUT2D eigenvalue weighted by Crippen LogP contribution is -1.99. The second-order valence-electron chi connectivity index (χ2n) is 4.46. The van der Waals surface area contributed by atoms with Crippen LogP contribution in [0.25, 0.3) is 10.9 Å². The van der Waals surface area contributed by atoms with E-state index in [1.54, 1.807) is 0 Å². The molecule has 0 amide bonds. The Bertz CT molecular complexity index is 643. The molecule has 1 unspecified atom stereocenters. The number of hydrogen-bond donors (Lipinski definition) is 1. The van der Waals surface area contributed by atoms with E-state index in [2.05, 4.69) is 46.4 Å². The molecule has 0 radical (unpaired) electrons. The Kier molecular flexibility index (Phi) is 2.81. The van der Waals surface area contributed by atoms with Crippen molar-refractivity contribution in [3.8, 4) is 0 Å². The highest BCUT2D eigenvalue weighted by Gasteiger charge is 2.12. The maximum Gasteiger partial charge on any atom is 0.0653 e. The van der Waals surface area contributed by atoms with Gasteiger partial charge in [-0.25, -0.2) is 0 Å². The van der Waals surface area contributed by atoms with Gasteiger partial charge in [0.1, 0.15) is 0 Å². The average Bonchev–Trinajstić information content (AvgIpc) is 2.88. The normalized spacial score (nSPS) is 12.7. The number of aromatic amines is 1. The van der Waals surface area contributed by atoms with Crippen LogP contribution in [0.4, 0.5) is 0 Å². The number of rotatable bonds is 3. The Morgan fingerprint density at radius 3 is 2.89 bits per heavy atom. The number of pyridine rings is 1. The summed E-state index contributed by atoms with van der Waals surface area (Å²) in [6, 6.07) is 10.6. The van der Waals surface area contributed by atoms with Gasteiger partial charge >= 0.3 is 0 Å². The van der Waals surface area contributed by atoms with Crippen molar-refractivity contribution in [2.75, 3.05) is 0 Å². The molecule has 0 spiro atoms. The molecular formula is C15H15N3. The second kappa shape index (κ2) is 4.61. The highest BCUT2D eigenvalue weighted by atomic mass is 15.1. The molecule has 0 fully saturated rings. The lowest BCUT2D eigenvalue weighted by molar-refractivity contribution is 0.773. The van der Waals surface area contributed by atoms with Crippen LogP contribution < -0.4 is 0 Å². The van der Waals surface area contributed by atoms with Gasteiger partial charge in [-0.3, -0.25) is 10.1 Å². The monoisotopic (exact) mass is 237 g/mol. The predicted octanol–water partition coefficient (Wildman–Crippen LogP) is 3.50. The number of nitrogens with zero attached hydrogens (tertiary/aromatic N) is 2. The minimum atomic E-state index is 0.395. The molecule has 90 valence electrons. The summed E-state index contributed by atoms with van der Waals surface area (Å²) in [5.74, 6) is 0.395. The molecule has 2 aromatic heterocycles. The predicted molar refractivity (Wildman–Crippen MR) is 72.5 cm³/mol. The number of benzene rings is 1. The largest absolute Gasteiger partial charge is 0.278 e. The van der Waals surface area contributed by atoms with Gasteiger partial charge in [-0.05, 0) is 29.7 Å². The molecule has 3 heteroatoms. The van der Waals surface area contributed by atoms with Gasteiger partial charge in [-0.2, -0.15) is 5.10 Å². The van der Waals surface area contributed by atoms with E-state index in [1.807, 2.05) is 24.7 Å². The van der Waals surface area contributed by atoms with Gasteiger partial charge in [0.15, 0.2) is 0 Å². The third-order valence-electron chi connectivity index (χ3n) is 3.36. The van der Waals surface area contributed by atoms with Gasteiger partial charge < -0.3 is 0 Å². The van der Waals surface area contributed by atoms with Gasteiger partial charge in [0, 0.05) is 23.7 Å². The summed E-state index contributed by atoms with van der Waals surface area (Å²) >= 11 is 0. The molecule has 3 rings (SSSR count). The fourth-order valence-corrected chi connectivity index (χ4v) is 2.42.